The van der Waals surface area contributed by atoms with Crippen LogP contribution in [-0.4, -0.2) is 63.7 Å². The lowest BCUT2D eigenvalue weighted by Crippen LogP contribution is -2.63. The fourth-order valence-corrected chi connectivity index (χ4v) is 3.57. The van der Waals surface area contributed by atoms with Crippen LogP contribution in [0.4, 0.5) is 0 Å². The van der Waals surface area contributed by atoms with Gasteiger partial charge in [-0.1, -0.05) is 30.2 Å². The van der Waals surface area contributed by atoms with Crippen molar-refractivity contribution in [3.63, 3.8) is 0 Å². The molecule has 7 heteroatoms. The van der Waals surface area contributed by atoms with E-state index in [1.54, 1.807) is 24.3 Å². The van der Waals surface area contributed by atoms with E-state index in [1.807, 2.05) is 12.1 Å². The predicted molar refractivity (Wildman–Crippen MR) is 104 cm³/mol. The minimum atomic E-state index is -2.37. The number of rotatable bonds is 5. The molecule has 7 nitrogen and oxygen atoms in total. The van der Waals surface area contributed by atoms with Crippen LogP contribution in [-0.2, 0) is 16.9 Å². The summed E-state index contributed by atoms with van der Waals surface area (Å²) in [6.07, 6.45) is -0.713. The average Bonchev–Trinajstić information content (AvgIpc) is 2.75. The van der Waals surface area contributed by atoms with Crippen LogP contribution in [0, 0.1) is 12.3 Å². The maximum absolute atomic E-state index is 11.2. The Morgan fingerprint density at radius 2 is 1.79 bits per heavy atom. The molecule has 0 saturated carbocycles. The van der Waals surface area contributed by atoms with Crippen LogP contribution < -0.4 is 4.74 Å². The van der Waals surface area contributed by atoms with Crippen molar-refractivity contribution >= 4 is 0 Å². The van der Waals surface area contributed by atoms with Crippen LogP contribution in [0.25, 0.3) is 0 Å². The van der Waals surface area contributed by atoms with Crippen molar-refractivity contribution < 1.29 is 35.0 Å². The van der Waals surface area contributed by atoms with Crippen LogP contribution in [0.5, 0.6) is 5.75 Å². The Morgan fingerprint density at radius 1 is 1.10 bits per heavy atom. The number of terminal acetylenes is 1. The van der Waals surface area contributed by atoms with Gasteiger partial charge in [0.1, 0.15) is 30.2 Å². The van der Waals surface area contributed by atoms with Crippen molar-refractivity contribution in [1.82, 2.24) is 0 Å². The summed E-state index contributed by atoms with van der Waals surface area (Å²) in [6.45, 7) is -0.653. The zero-order chi connectivity index (χ0) is 21.2. The van der Waals surface area contributed by atoms with Crippen LogP contribution in [0.15, 0.2) is 42.5 Å². The van der Waals surface area contributed by atoms with E-state index >= 15 is 0 Å². The number of benzene rings is 2. The smallest absolute Gasteiger partial charge is 0.222 e. The van der Waals surface area contributed by atoms with Gasteiger partial charge in [0.2, 0.25) is 5.79 Å². The fraction of sp³-hybridized carbons (Fsp3) is 0.364. The first-order chi connectivity index (χ1) is 13.8. The molecule has 2 aromatic rings. The Kier molecular flexibility index (Phi) is 6.24. The quantitative estimate of drug-likeness (QED) is 0.444. The minimum absolute atomic E-state index is 0.162. The number of methoxy groups -OCH3 is 1. The molecule has 0 radical (unpaired) electrons. The monoisotopic (exact) mass is 400 g/mol. The maximum atomic E-state index is 11.2. The molecule has 1 aliphatic rings. The van der Waals surface area contributed by atoms with Crippen LogP contribution in [0.3, 0.4) is 0 Å². The highest BCUT2D eigenvalue weighted by Crippen LogP contribution is 2.40. The SMILES string of the molecule is C#Cc1ccc(Cc2c(OC)cccc2[C@@]2(O)O[C@H](CO)[C@@H](O)[C@H](O)[C@H]2O)cc1. The lowest BCUT2D eigenvalue weighted by atomic mass is 9.84. The molecular formula is C22H24O7. The first-order valence-electron chi connectivity index (χ1n) is 9.12. The zero-order valence-corrected chi connectivity index (χ0v) is 15.9. The van der Waals surface area contributed by atoms with E-state index in [4.69, 9.17) is 15.9 Å². The number of hydrogen-bond acceptors (Lipinski definition) is 7. The largest absolute Gasteiger partial charge is 0.496 e. The van der Waals surface area contributed by atoms with E-state index in [9.17, 15) is 25.5 Å². The highest BCUT2D eigenvalue weighted by atomic mass is 16.7. The van der Waals surface area contributed by atoms with Gasteiger partial charge in [-0.05, 0) is 23.8 Å². The van der Waals surface area contributed by atoms with Crippen LogP contribution >= 0.6 is 0 Å². The third-order valence-corrected chi connectivity index (χ3v) is 5.21. The van der Waals surface area contributed by atoms with Crippen molar-refractivity contribution in [1.29, 1.82) is 0 Å². The molecule has 2 aromatic carbocycles. The molecule has 3 rings (SSSR count). The first-order valence-corrected chi connectivity index (χ1v) is 9.12. The average molecular weight is 400 g/mol. The minimum Gasteiger partial charge on any atom is -0.496 e. The summed E-state index contributed by atoms with van der Waals surface area (Å²) in [4.78, 5) is 0. The van der Waals surface area contributed by atoms with Gasteiger partial charge in [-0.15, -0.1) is 6.42 Å². The van der Waals surface area contributed by atoms with Gasteiger partial charge in [-0.25, -0.2) is 0 Å². The molecule has 154 valence electrons. The van der Waals surface area contributed by atoms with Gasteiger partial charge in [-0.3, -0.25) is 0 Å². The van der Waals surface area contributed by atoms with Crippen molar-refractivity contribution in [2.45, 2.75) is 36.6 Å². The van der Waals surface area contributed by atoms with Gasteiger partial charge >= 0.3 is 0 Å². The summed E-state index contributed by atoms with van der Waals surface area (Å²) in [7, 11) is 1.47. The van der Waals surface area contributed by atoms with Crippen molar-refractivity contribution in [2.24, 2.45) is 0 Å². The molecule has 1 heterocycles. The summed E-state index contributed by atoms with van der Waals surface area (Å²) >= 11 is 0. The molecule has 0 amide bonds. The van der Waals surface area contributed by atoms with E-state index in [0.717, 1.165) is 11.1 Å². The molecule has 5 atom stereocenters. The van der Waals surface area contributed by atoms with Gasteiger partial charge in [0.15, 0.2) is 0 Å². The summed E-state index contributed by atoms with van der Waals surface area (Å²) in [5.74, 6) is 0.615. The van der Waals surface area contributed by atoms with Crippen molar-refractivity contribution in [2.75, 3.05) is 13.7 Å². The lowest BCUT2D eigenvalue weighted by Gasteiger charge is -2.46. The molecular weight excluding hydrogens is 376 g/mol. The number of aliphatic hydroxyl groups is 5. The normalized spacial score (nSPS) is 29.3. The van der Waals surface area contributed by atoms with Gasteiger partial charge in [0.05, 0.1) is 13.7 Å². The molecule has 0 aromatic heterocycles. The highest BCUT2D eigenvalue weighted by Gasteiger charge is 2.54. The number of aliphatic hydroxyl groups excluding tert-OH is 4. The van der Waals surface area contributed by atoms with Gasteiger partial charge in [-0.2, -0.15) is 0 Å². The number of ether oxygens (including phenoxy) is 2. The molecule has 1 fully saturated rings. The Hall–Kier alpha value is -2.44. The second-order valence-corrected chi connectivity index (χ2v) is 6.97. The molecule has 0 unspecified atom stereocenters. The molecule has 0 bridgehead atoms. The molecule has 1 aliphatic heterocycles. The summed E-state index contributed by atoms with van der Waals surface area (Å²) in [5.41, 5.74) is 2.27. The van der Waals surface area contributed by atoms with Gasteiger partial charge in [0.25, 0.3) is 0 Å². The predicted octanol–water partition coefficient (Wildman–Crippen LogP) is -0.114. The molecule has 0 spiro atoms. The van der Waals surface area contributed by atoms with Crippen molar-refractivity contribution in [3.05, 3.63) is 64.7 Å². The molecule has 29 heavy (non-hydrogen) atoms. The van der Waals surface area contributed by atoms with Gasteiger partial charge < -0.3 is 35.0 Å². The third-order valence-electron chi connectivity index (χ3n) is 5.21. The van der Waals surface area contributed by atoms with E-state index < -0.39 is 36.8 Å². The maximum Gasteiger partial charge on any atom is 0.222 e. The Labute approximate surface area is 168 Å². The molecule has 0 aliphatic carbocycles. The zero-order valence-electron chi connectivity index (χ0n) is 15.9. The van der Waals surface area contributed by atoms with E-state index in [1.165, 1.54) is 13.2 Å². The Balaban J connectivity index is 2.07. The molecule has 5 N–H and O–H groups in total. The summed E-state index contributed by atoms with van der Waals surface area (Å²) < 4.78 is 10.9. The lowest BCUT2D eigenvalue weighted by molar-refractivity contribution is -0.358. The third kappa shape index (κ3) is 3.87. The second-order valence-electron chi connectivity index (χ2n) is 6.97. The summed E-state index contributed by atoms with van der Waals surface area (Å²) in [6, 6.07) is 12.1. The fourth-order valence-electron chi connectivity index (χ4n) is 3.57. The van der Waals surface area contributed by atoms with E-state index in [2.05, 4.69) is 5.92 Å². The topological polar surface area (TPSA) is 120 Å². The van der Waals surface area contributed by atoms with E-state index in [0.29, 0.717) is 17.7 Å². The van der Waals surface area contributed by atoms with Crippen LogP contribution in [0.1, 0.15) is 22.3 Å². The highest BCUT2D eigenvalue weighted by molar-refractivity contribution is 5.47. The number of hydrogen-bond donors (Lipinski definition) is 5. The van der Waals surface area contributed by atoms with Crippen LogP contribution in [0.2, 0.25) is 0 Å². The van der Waals surface area contributed by atoms with Crippen molar-refractivity contribution in [3.8, 4) is 18.1 Å². The molecule has 1 saturated heterocycles. The van der Waals surface area contributed by atoms with Gasteiger partial charge in [0, 0.05) is 23.1 Å². The Morgan fingerprint density at radius 3 is 2.38 bits per heavy atom. The second kappa shape index (κ2) is 8.51. The Bertz CT molecular complexity index is 887. The van der Waals surface area contributed by atoms with E-state index in [-0.39, 0.29) is 5.56 Å². The first kappa shape index (κ1) is 21.3. The summed E-state index contributed by atoms with van der Waals surface area (Å²) in [5, 5.41) is 51.4. The standard InChI is InChI=1S/C22H24O7/c1-3-13-7-9-14(10-8-13)11-15-16(5-4-6-17(15)28-2)22(27)21(26)20(25)19(24)18(12-23)29-22/h1,4-10,18-21,23-27H,11-12H2,2H3/t18-,19-,20+,21-,22-/m1/s1.